The number of pyridine rings is 4. The standard InChI is InChI=1S/C33H31F3N4O2.C30H27N3O2.C29H26ClN3O2.C28H24ClN3O2/c1-22-8-9-23(16-27(22)20-32-38-14-12-30(39-32)26-6-4-13-37-21-26)17-31(42)25-11-10-24(29(19-25)33(34,35)36)18-28(41)7-5-15-40(2)3;1-4-27(34)16-22-9-11-24(12-10-22)29(35)17-23-8-7-20(2)26(15-23)18-30-32-21(3)14-28(33-30)25-6-5-13-31-19-25;1-19-5-6-22(16-28(35)23-9-7-21(8-10-23)15-27(34)20(2)30)14-25(19)17-29-32-13-11-26(33-29)24-4-3-12-31-18-24;1-19-4-5-21(15-27(34)22-8-6-20(7-9-22)14-25(33)17-29)13-24(19)16-28-31-12-10-26(32-28)23-3-2-11-30-18-23/h4-14,16,19,21H,15,17-18,20H2,1-3H3;4-15,19H,1,16-18H2,2-3H3;3-14,18,20H,15-17H2,1-2H3;2-13,18H,14-17H2,1H3/b7-5+;;;. The molecule has 8 aromatic carbocycles. The Morgan fingerprint density at radius 3 is 1.05 bits per heavy atom. The number of allylic oxidation sites excluding steroid dienone is 2. The zero-order valence-corrected chi connectivity index (χ0v) is 83.8. The number of nitrogens with zero attached hydrogens (tertiary/aromatic N) is 13. The summed E-state index contributed by atoms with van der Waals surface area (Å²) in [7, 11) is 3.64. The second-order valence-electron chi connectivity index (χ2n) is 35.7. The Balaban J connectivity index is 0.000000163. The average molecular weight is 1990 g/mol. The molecule has 0 spiro atoms. The van der Waals surface area contributed by atoms with Gasteiger partial charge < -0.3 is 4.90 Å². The van der Waals surface area contributed by atoms with Gasteiger partial charge in [0.1, 0.15) is 23.3 Å². The van der Waals surface area contributed by atoms with Crippen molar-refractivity contribution in [3.8, 4) is 45.0 Å². The Bertz CT molecular complexity index is 7370. The third kappa shape index (κ3) is 32.2. The van der Waals surface area contributed by atoms with Gasteiger partial charge in [0, 0.05) is 202 Å². The number of carbonyl (C=O) groups excluding carboxylic acids is 8. The normalized spacial score (nSPS) is 11.3. The van der Waals surface area contributed by atoms with Crippen LogP contribution >= 0.6 is 23.2 Å². The molecule has 0 aliphatic heterocycles. The third-order valence-electron chi connectivity index (χ3n) is 24.0. The number of alkyl halides is 5. The molecule has 736 valence electrons. The van der Waals surface area contributed by atoms with Crippen LogP contribution in [0.2, 0.25) is 0 Å². The Hall–Kier alpha value is -16.2. The van der Waals surface area contributed by atoms with Crippen LogP contribution < -0.4 is 0 Å². The van der Waals surface area contributed by atoms with Gasteiger partial charge in [-0.2, -0.15) is 13.2 Å². The molecule has 1 unspecified atom stereocenters. The summed E-state index contributed by atoms with van der Waals surface area (Å²) in [5.41, 5.74) is 23.2. The van der Waals surface area contributed by atoms with E-state index in [1.54, 1.807) is 130 Å². The Morgan fingerprint density at radius 1 is 0.363 bits per heavy atom. The summed E-state index contributed by atoms with van der Waals surface area (Å²) in [6.07, 6.45) is 22.1. The topological polar surface area (TPSA) is 294 Å². The van der Waals surface area contributed by atoms with E-state index in [9.17, 15) is 51.5 Å². The Morgan fingerprint density at radius 2 is 0.705 bits per heavy atom. The number of carbonyl (C=O) groups is 8. The summed E-state index contributed by atoms with van der Waals surface area (Å²) in [5.74, 6) is 1.85. The van der Waals surface area contributed by atoms with Gasteiger partial charge in [-0.1, -0.05) is 170 Å². The van der Waals surface area contributed by atoms with E-state index in [2.05, 4.69) is 76.6 Å². The van der Waals surface area contributed by atoms with Gasteiger partial charge in [-0.25, -0.2) is 39.9 Å². The van der Waals surface area contributed by atoms with Gasteiger partial charge in [-0.15, -0.1) is 23.2 Å². The van der Waals surface area contributed by atoms with Crippen LogP contribution in [-0.4, -0.2) is 143 Å². The molecule has 26 heteroatoms. The van der Waals surface area contributed by atoms with Crippen LogP contribution in [-0.2, 0) is 102 Å². The fourth-order valence-electron chi connectivity index (χ4n) is 15.9. The molecular weight excluding hydrogens is 1880 g/mol. The van der Waals surface area contributed by atoms with Gasteiger partial charge in [0.15, 0.2) is 46.3 Å². The highest BCUT2D eigenvalue weighted by Crippen LogP contribution is 2.35. The lowest BCUT2D eigenvalue weighted by Crippen LogP contribution is -2.15. The molecule has 0 amide bonds. The van der Waals surface area contributed by atoms with Gasteiger partial charge >= 0.3 is 6.18 Å². The van der Waals surface area contributed by atoms with Crippen LogP contribution in [0.15, 0.2) is 330 Å². The number of rotatable bonds is 38. The van der Waals surface area contributed by atoms with Crippen LogP contribution in [0.3, 0.4) is 0 Å². The first-order chi connectivity index (χ1) is 70.3. The molecule has 8 aromatic heterocycles. The van der Waals surface area contributed by atoms with Crippen molar-refractivity contribution >= 4 is 69.5 Å². The van der Waals surface area contributed by atoms with E-state index in [0.29, 0.717) is 91.8 Å². The molecule has 146 heavy (non-hydrogen) atoms. The smallest absolute Gasteiger partial charge is 0.306 e. The van der Waals surface area contributed by atoms with E-state index in [1.807, 2.05) is 198 Å². The maximum absolute atomic E-state index is 13.9. The van der Waals surface area contributed by atoms with Crippen molar-refractivity contribution in [1.82, 2.24) is 64.7 Å². The summed E-state index contributed by atoms with van der Waals surface area (Å²) in [6.45, 7) is 15.7. The predicted octanol–water partition coefficient (Wildman–Crippen LogP) is 22.4. The summed E-state index contributed by atoms with van der Waals surface area (Å²) in [6, 6.07) is 71.6. The van der Waals surface area contributed by atoms with Gasteiger partial charge in [0.25, 0.3) is 0 Å². The van der Waals surface area contributed by atoms with Crippen molar-refractivity contribution in [2.75, 3.05) is 26.5 Å². The molecule has 0 saturated heterocycles. The fraction of sp³-hybridized carbons (Fsp3) is 0.200. The number of halogens is 5. The molecule has 0 aliphatic rings. The molecule has 0 fully saturated rings. The maximum atomic E-state index is 13.9. The quantitative estimate of drug-likeness (QED) is 0.0197. The maximum Gasteiger partial charge on any atom is 0.416 e. The number of hydrogen-bond acceptors (Lipinski definition) is 21. The van der Waals surface area contributed by atoms with Crippen LogP contribution in [0, 0.1) is 34.6 Å². The fourth-order valence-corrected chi connectivity index (χ4v) is 16.1. The minimum absolute atomic E-state index is 0.00473. The summed E-state index contributed by atoms with van der Waals surface area (Å²) in [5, 5.41) is -0.518. The molecule has 0 N–H and O–H groups in total. The molecule has 0 radical (unpaired) electrons. The minimum Gasteiger partial charge on any atom is -0.306 e. The van der Waals surface area contributed by atoms with Crippen molar-refractivity contribution in [3.05, 3.63) is 475 Å². The zero-order valence-electron chi connectivity index (χ0n) is 82.3. The van der Waals surface area contributed by atoms with E-state index in [1.165, 1.54) is 24.3 Å². The SMILES string of the molecule is C=CC(=O)Cc1ccc(C(=O)Cc2ccc(C)c(Cc3nc(C)cc(-c4cccnc4)n3)c2)cc1.Cc1ccc(CC(=O)c2ccc(CC(=O)/C=C/CN(C)C)c(C(F)(F)F)c2)cc1Cc1nccc(-c2cccnc2)n1.Cc1ccc(CC(=O)c2ccc(CC(=O)C(C)Cl)cc2)cc1Cc1nccc(-c2cccnc2)n1.Cc1ccc(CC(=O)c2ccc(CC(=O)CCl)cc2)cc1Cc1nccc(-c2cccnc2)n1. The number of hydrogen-bond donors (Lipinski definition) is 0. The van der Waals surface area contributed by atoms with Gasteiger partial charge in [-0.05, 0) is 236 Å². The van der Waals surface area contributed by atoms with E-state index >= 15 is 0 Å². The highest BCUT2D eigenvalue weighted by atomic mass is 35.5. The zero-order chi connectivity index (χ0) is 104. The van der Waals surface area contributed by atoms with Crippen molar-refractivity contribution in [2.24, 2.45) is 0 Å². The number of aromatic nitrogens is 12. The Labute approximate surface area is 857 Å². The van der Waals surface area contributed by atoms with E-state index in [4.69, 9.17) is 38.2 Å². The van der Waals surface area contributed by atoms with E-state index in [0.717, 1.165) is 146 Å². The molecule has 0 saturated carbocycles. The molecule has 21 nitrogen and oxygen atoms in total. The first-order valence-electron chi connectivity index (χ1n) is 47.4. The van der Waals surface area contributed by atoms with Crippen molar-refractivity contribution < 1.29 is 51.5 Å². The van der Waals surface area contributed by atoms with Crippen LogP contribution in [0.1, 0.15) is 172 Å². The lowest BCUT2D eigenvalue weighted by Gasteiger charge is -2.14. The number of ketones is 8. The van der Waals surface area contributed by atoms with Crippen LogP contribution in [0.5, 0.6) is 0 Å². The largest absolute Gasteiger partial charge is 0.416 e. The predicted molar refractivity (Wildman–Crippen MR) is 563 cm³/mol. The first kappa shape index (κ1) is 107. The Kier molecular flexibility index (Phi) is 38.3. The van der Waals surface area contributed by atoms with E-state index < -0.39 is 35.1 Å². The highest BCUT2D eigenvalue weighted by molar-refractivity contribution is 6.31. The van der Waals surface area contributed by atoms with Gasteiger partial charge in [-0.3, -0.25) is 58.3 Å². The molecule has 8 heterocycles. The molecular formula is C120H108Cl2F3N13O8. The number of likely N-dealkylation sites (N-methyl/N-ethyl adjacent to an activating group) is 1. The van der Waals surface area contributed by atoms with Crippen LogP contribution in [0.25, 0.3) is 45.0 Å². The van der Waals surface area contributed by atoms with Crippen molar-refractivity contribution in [1.29, 1.82) is 0 Å². The molecule has 16 rings (SSSR count). The molecule has 0 bridgehead atoms. The second kappa shape index (κ2) is 52.2. The minimum atomic E-state index is -4.71. The lowest BCUT2D eigenvalue weighted by molar-refractivity contribution is -0.138. The average Bonchev–Trinajstić information content (AvgIpc) is 0.798. The van der Waals surface area contributed by atoms with Crippen LogP contribution in [0.4, 0.5) is 13.2 Å². The third-order valence-corrected chi connectivity index (χ3v) is 24.6. The molecule has 0 aliphatic carbocycles. The lowest BCUT2D eigenvalue weighted by atomic mass is 9.94. The molecule has 1 atom stereocenters. The number of Topliss-reactive ketones (excluding diaryl/α,β-unsaturated/α-hetero) is 6. The van der Waals surface area contributed by atoms with Crippen molar-refractivity contribution in [2.45, 2.75) is 130 Å². The van der Waals surface area contributed by atoms with E-state index in [-0.39, 0.29) is 71.0 Å². The number of aryl methyl sites for hydroxylation is 5. The summed E-state index contributed by atoms with van der Waals surface area (Å²) >= 11 is 11.4. The number of benzene rings is 8. The monoisotopic (exact) mass is 1990 g/mol. The summed E-state index contributed by atoms with van der Waals surface area (Å²) < 4.78 is 41.7. The van der Waals surface area contributed by atoms with Crippen molar-refractivity contribution in [3.63, 3.8) is 0 Å². The van der Waals surface area contributed by atoms with Gasteiger partial charge in [0.2, 0.25) is 0 Å². The summed E-state index contributed by atoms with van der Waals surface area (Å²) in [4.78, 5) is 154. The molecule has 16 aromatic rings. The van der Waals surface area contributed by atoms with Gasteiger partial charge in [0.05, 0.1) is 39.6 Å². The first-order valence-corrected chi connectivity index (χ1v) is 48.4. The highest BCUT2D eigenvalue weighted by Gasteiger charge is 2.35. The second-order valence-corrected chi connectivity index (χ2v) is 36.6.